The highest BCUT2D eigenvalue weighted by molar-refractivity contribution is 6.30. The minimum atomic E-state index is 0.438. The smallest absolute Gasteiger partial charge is 0.123 e. The van der Waals surface area contributed by atoms with Crippen molar-refractivity contribution in [1.82, 2.24) is 10.3 Å². The van der Waals surface area contributed by atoms with E-state index in [0.717, 1.165) is 28.6 Å². The van der Waals surface area contributed by atoms with Crippen molar-refractivity contribution in [1.29, 1.82) is 0 Å². The summed E-state index contributed by atoms with van der Waals surface area (Å²) in [7, 11) is 0. The Kier molecular flexibility index (Phi) is 5.39. The number of nitrogens with zero attached hydrogens (tertiary/aromatic N) is 1. The highest BCUT2D eigenvalue weighted by Gasteiger charge is 2.01. The molecule has 4 heteroatoms. The lowest BCUT2D eigenvalue weighted by atomic mass is 10.2. The van der Waals surface area contributed by atoms with Crippen LogP contribution in [0.25, 0.3) is 0 Å². The van der Waals surface area contributed by atoms with Gasteiger partial charge in [0.25, 0.3) is 0 Å². The van der Waals surface area contributed by atoms with Gasteiger partial charge in [-0.2, -0.15) is 0 Å². The largest absolute Gasteiger partial charge is 0.489 e. The second-order valence-corrected chi connectivity index (χ2v) is 5.37. The van der Waals surface area contributed by atoms with Gasteiger partial charge < -0.3 is 10.1 Å². The molecule has 20 heavy (non-hydrogen) atoms. The van der Waals surface area contributed by atoms with Crippen LogP contribution in [0.15, 0.2) is 42.6 Å². The third kappa shape index (κ3) is 4.83. The van der Waals surface area contributed by atoms with E-state index in [2.05, 4.69) is 24.1 Å². The predicted molar refractivity (Wildman–Crippen MR) is 82.0 cm³/mol. The molecule has 0 unspecified atom stereocenters. The fraction of sp³-hybridized carbons (Fsp3) is 0.312. The molecule has 0 bridgehead atoms. The van der Waals surface area contributed by atoms with Gasteiger partial charge in [-0.15, -0.1) is 0 Å². The third-order valence-electron chi connectivity index (χ3n) is 2.77. The summed E-state index contributed by atoms with van der Waals surface area (Å²) in [6.07, 6.45) is 1.77. The maximum atomic E-state index is 5.95. The van der Waals surface area contributed by atoms with Crippen molar-refractivity contribution in [3.05, 3.63) is 58.9 Å². The van der Waals surface area contributed by atoms with Gasteiger partial charge in [-0.3, -0.25) is 4.98 Å². The molecule has 2 aromatic rings. The average molecular weight is 291 g/mol. The average Bonchev–Trinajstić information content (AvgIpc) is 2.43. The number of benzene rings is 1. The highest BCUT2D eigenvalue weighted by Crippen LogP contribution is 2.15. The minimum Gasteiger partial charge on any atom is -0.489 e. The second-order valence-electron chi connectivity index (χ2n) is 4.94. The number of rotatable bonds is 6. The summed E-state index contributed by atoms with van der Waals surface area (Å²) in [5.41, 5.74) is 2.03. The van der Waals surface area contributed by atoms with Gasteiger partial charge in [0, 0.05) is 29.9 Å². The number of aromatic nitrogens is 1. The summed E-state index contributed by atoms with van der Waals surface area (Å²) in [6, 6.07) is 11.9. The van der Waals surface area contributed by atoms with Crippen molar-refractivity contribution in [3.63, 3.8) is 0 Å². The van der Waals surface area contributed by atoms with Crippen LogP contribution in [0, 0.1) is 0 Å². The summed E-state index contributed by atoms with van der Waals surface area (Å²) in [6.45, 7) is 5.46. The number of halogens is 1. The molecule has 0 atom stereocenters. The Hall–Kier alpha value is -1.58. The lowest BCUT2D eigenvalue weighted by molar-refractivity contribution is 0.305. The summed E-state index contributed by atoms with van der Waals surface area (Å²) >= 11 is 5.95. The molecule has 0 aliphatic heterocycles. The number of nitrogens with one attached hydrogen (secondary N) is 1. The van der Waals surface area contributed by atoms with E-state index in [4.69, 9.17) is 16.3 Å². The second kappa shape index (κ2) is 7.27. The Balaban J connectivity index is 1.94. The van der Waals surface area contributed by atoms with Crippen molar-refractivity contribution in [2.24, 2.45) is 0 Å². The maximum Gasteiger partial charge on any atom is 0.123 e. The lowest BCUT2D eigenvalue weighted by Crippen LogP contribution is -2.22. The molecule has 0 fully saturated rings. The molecule has 1 aromatic heterocycles. The predicted octanol–water partition coefficient (Wildman–Crippen LogP) is 3.81. The van der Waals surface area contributed by atoms with E-state index < -0.39 is 0 Å². The summed E-state index contributed by atoms with van der Waals surface area (Å²) < 4.78 is 5.77. The molecule has 0 radical (unpaired) electrons. The first-order valence-electron chi connectivity index (χ1n) is 6.69. The van der Waals surface area contributed by atoms with Crippen molar-refractivity contribution < 1.29 is 4.74 Å². The van der Waals surface area contributed by atoms with E-state index in [1.807, 2.05) is 36.4 Å². The maximum absolute atomic E-state index is 5.95. The molecule has 0 saturated carbocycles. The zero-order chi connectivity index (χ0) is 14.4. The van der Waals surface area contributed by atoms with Gasteiger partial charge in [0.15, 0.2) is 0 Å². The molecule has 2 rings (SSSR count). The lowest BCUT2D eigenvalue weighted by Gasteiger charge is -2.10. The molecule has 1 heterocycles. The van der Waals surface area contributed by atoms with Gasteiger partial charge in [-0.1, -0.05) is 37.6 Å². The number of ether oxygens (including phenoxy) is 1. The van der Waals surface area contributed by atoms with Crippen LogP contribution in [0.1, 0.15) is 25.1 Å². The number of hydrogen-bond acceptors (Lipinski definition) is 3. The molecule has 1 aromatic carbocycles. The van der Waals surface area contributed by atoms with Crippen LogP contribution in [0.3, 0.4) is 0 Å². The van der Waals surface area contributed by atoms with Crippen LogP contribution >= 0.6 is 11.6 Å². The summed E-state index contributed by atoms with van der Waals surface area (Å²) in [4.78, 5) is 4.32. The SMILES string of the molecule is CC(C)NCc1cc(OCc2cccc(Cl)c2)ccn1. The normalized spacial score (nSPS) is 10.8. The first-order valence-corrected chi connectivity index (χ1v) is 7.07. The van der Waals surface area contributed by atoms with Crippen LogP contribution in [0.4, 0.5) is 0 Å². The van der Waals surface area contributed by atoms with Gasteiger partial charge in [0.05, 0.1) is 5.69 Å². The number of hydrogen-bond donors (Lipinski definition) is 1. The van der Waals surface area contributed by atoms with Crippen LogP contribution in [0.2, 0.25) is 5.02 Å². The zero-order valence-electron chi connectivity index (χ0n) is 11.8. The quantitative estimate of drug-likeness (QED) is 0.878. The molecule has 0 spiro atoms. The standard InChI is InChI=1S/C16H19ClN2O/c1-12(2)19-10-15-9-16(6-7-18-15)20-11-13-4-3-5-14(17)8-13/h3-9,12,19H,10-11H2,1-2H3. The van der Waals surface area contributed by atoms with Gasteiger partial charge in [0.2, 0.25) is 0 Å². The summed E-state index contributed by atoms with van der Waals surface area (Å²) in [5.74, 6) is 0.820. The van der Waals surface area contributed by atoms with Gasteiger partial charge >= 0.3 is 0 Å². The monoisotopic (exact) mass is 290 g/mol. The fourth-order valence-electron chi connectivity index (χ4n) is 1.74. The Labute approximate surface area is 124 Å². The first kappa shape index (κ1) is 14.8. The third-order valence-corrected chi connectivity index (χ3v) is 3.01. The molecule has 0 saturated heterocycles. The van der Waals surface area contributed by atoms with Gasteiger partial charge in [0.1, 0.15) is 12.4 Å². The fourth-order valence-corrected chi connectivity index (χ4v) is 1.96. The van der Waals surface area contributed by atoms with Crippen molar-refractivity contribution in [2.75, 3.05) is 0 Å². The summed E-state index contributed by atoms with van der Waals surface area (Å²) in [5, 5.41) is 4.06. The van der Waals surface area contributed by atoms with Crippen LogP contribution in [0.5, 0.6) is 5.75 Å². The van der Waals surface area contributed by atoms with Crippen LogP contribution in [-0.2, 0) is 13.2 Å². The van der Waals surface area contributed by atoms with E-state index in [1.54, 1.807) is 6.20 Å². The Morgan fingerprint density at radius 2 is 2.10 bits per heavy atom. The molecular weight excluding hydrogens is 272 g/mol. The van der Waals surface area contributed by atoms with E-state index >= 15 is 0 Å². The highest BCUT2D eigenvalue weighted by atomic mass is 35.5. The Morgan fingerprint density at radius 3 is 2.85 bits per heavy atom. The molecular formula is C16H19ClN2O. The van der Waals surface area contributed by atoms with Gasteiger partial charge in [-0.25, -0.2) is 0 Å². The first-order chi connectivity index (χ1) is 9.63. The van der Waals surface area contributed by atoms with E-state index in [-0.39, 0.29) is 0 Å². The van der Waals surface area contributed by atoms with Gasteiger partial charge in [-0.05, 0) is 23.8 Å². The number of pyridine rings is 1. The zero-order valence-corrected chi connectivity index (χ0v) is 12.5. The van der Waals surface area contributed by atoms with E-state index in [0.29, 0.717) is 12.6 Å². The topological polar surface area (TPSA) is 34.1 Å². The van der Waals surface area contributed by atoms with E-state index in [1.165, 1.54) is 0 Å². The Morgan fingerprint density at radius 1 is 1.25 bits per heavy atom. The minimum absolute atomic E-state index is 0.438. The molecule has 0 aliphatic rings. The molecule has 0 amide bonds. The Bertz CT molecular complexity index is 558. The molecule has 106 valence electrons. The van der Waals surface area contributed by atoms with E-state index in [9.17, 15) is 0 Å². The van der Waals surface area contributed by atoms with Crippen LogP contribution in [-0.4, -0.2) is 11.0 Å². The van der Waals surface area contributed by atoms with Crippen molar-refractivity contribution in [3.8, 4) is 5.75 Å². The van der Waals surface area contributed by atoms with Crippen molar-refractivity contribution >= 4 is 11.6 Å². The molecule has 3 nitrogen and oxygen atoms in total. The van der Waals surface area contributed by atoms with Crippen molar-refractivity contribution in [2.45, 2.75) is 33.0 Å². The van der Waals surface area contributed by atoms with Crippen LogP contribution < -0.4 is 10.1 Å². The molecule has 1 N–H and O–H groups in total. The molecule has 0 aliphatic carbocycles.